The van der Waals surface area contributed by atoms with E-state index in [-0.39, 0.29) is 6.42 Å². The number of halogens is 3. The first-order chi connectivity index (χ1) is 7.82. The SMILES string of the molecule is CC(CCO)(C(=O)O)c1c(F)cc(F)cc1F. The zero-order valence-corrected chi connectivity index (χ0v) is 9.01. The van der Waals surface area contributed by atoms with Gasteiger partial charge in [-0.3, -0.25) is 4.79 Å². The first-order valence-corrected chi connectivity index (χ1v) is 4.82. The summed E-state index contributed by atoms with van der Waals surface area (Å²) in [7, 11) is 0. The number of hydrogen-bond acceptors (Lipinski definition) is 2. The summed E-state index contributed by atoms with van der Waals surface area (Å²) in [6.45, 7) is 0.518. The molecule has 0 fully saturated rings. The summed E-state index contributed by atoms with van der Waals surface area (Å²) in [6, 6.07) is 0.827. The fourth-order valence-corrected chi connectivity index (χ4v) is 1.63. The van der Waals surface area contributed by atoms with Gasteiger partial charge in [-0.25, -0.2) is 13.2 Å². The minimum atomic E-state index is -1.93. The Balaban J connectivity index is 3.43. The van der Waals surface area contributed by atoms with Gasteiger partial charge in [0.05, 0.1) is 5.41 Å². The molecule has 1 rings (SSSR count). The van der Waals surface area contributed by atoms with E-state index in [1.165, 1.54) is 0 Å². The lowest BCUT2D eigenvalue weighted by Crippen LogP contribution is -2.35. The van der Waals surface area contributed by atoms with Crippen LogP contribution in [0.4, 0.5) is 13.2 Å². The van der Waals surface area contributed by atoms with Gasteiger partial charge in [-0.15, -0.1) is 0 Å². The minimum Gasteiger partial charge on any atom is -0.481 e. The number of aliphatic carboxylic acids is 1. The van der Waals surface area contributed by atoms with Crippen molar-refractivity contribution in [1.29, 1.82) is 0 Å². The Labute approximate surface area is 95.5 Å². The Morgan fingerprint density at radius 3 is 2.12 bits per heavy atom. The summed E-state index contributed by atoms with van der Waals surface area (Å²) in [5.74, 6) is -5.17. The minimum absolute atomic E-state index is 0.373. The summed E-state index contributed by atoms with van der Waals surface area (Å²) in [5, 5.41) is 17.8. The highest BCUT2D eigenvalue weighted by Crippen LogP contribution is 2.32. The number of carbonyl (C=O) groups is 1. The zero-order valence-electron chi connectivity index (χ0n) is 9.01. The molecule has 1 aromatic rings. The normalized spacial score (nSPS) is 14.4. The topological polar surface area (TPSA) is 57.5 Å². The molecule has 1 aromatic carbocycles. The van der Waals surface area contributed by atoms with Crippen LogP contribution in [0.5, 0.6) is 0 Å². The second kappa shape index (κ2) is 4.75. The summed E-state index contributed by atoms with van der Waals surface area (Å²) in [6.07, 6.45) is -0.373. The monoisotopic (exact) mass is 248 g/mol. The quantitative estimate of drug-likeness (QED) is 0.854. The van der Waals surface area contributed by atoms with Crippen LogP contribution in [0.3, 0.4) is 0 Å². The molecule has 17 heavy (non-hydrogen) atoms. The van der Waals surface area contributed by atoms with Gasteiger partial charge in [0, 0.05) is 24.3 Å². The van der Waals surface area contributed by atoms with E-state index >= 15 is 0 Å². The van der Waals surface area contributed by atoms with Crippen LogP contribution in [0.2, 0.25) is 0 Å². The van der Waals surface area contributed by atoms with E-state index < -0.39 is 41.0 Å². The highest BCUT2D eigenvalue weighted by Gasteiger charge is 2.39. The van der Waals surface area contributed by atoms with Gasteiger partial charge in [0.25, 0.3) is 0 Å². The molecule has 0 bridgehead atoms. The molecule has 0 radical (unpaired) electrons. The number of benzene rings is 1. The maximum Gasteiger partial charge on any atom is 0.314 e. The van der Waals surface area contributed by atoms with Crippen molar-refractivity contribution in [2.24, 2.45) is 0 Å². The molecule has 0 heterocycles. The van der Waals surface area contributed by atoms with Gasteiger partial charge in [-0.2, -0.15) is 0 Å². The van der Waals surface area contributed by atoms with Gasteiger partial charge in [0.1, 0.15) is 17.5 Å². The summed E-state index contributed by atoms with van der Waals surface area (Å²) in [5.41, 5.74) is -2.68. The fourth-order valence-electron chi connectivity index (χ4n) is 1.63. The van der Waals surface area contributed by atoms with Crippen LogP contribution >= 0.6 is 0 Å². The average molecular weight is 248 g/mol. The molecule has 3 nitrogen and oxygen atoms in total. The predicted octanol–water partition coefficient (Wildman–Crippen LogP) is 1.83. The Kier molecular flexibility index (Phi) is 3.77. The van der Waals surface area contributed by atoms with Crippen LogP contribution in [-0.4, -0.2) is 22.8 Å². The summed E-state index contributed by atoms with van der Waals surface area (Å²) < 4.78 is 39.6. The molecule has 1 unspecified atom stereocenters. The maximum atomic E-state index is 13.5. The second-order valence-electron chi connectivity index (χ2n) is 3.86. The Morgan fingerprint density at radius 2 is 1.76 bits per heavy atom. The van der Waals surface area contributed by atoms with Gasteiger partial charge in [-0.05, 0) is 13.3 Å². The molecule has 0 spiro atoms. The highest BCUT2D eigenvalue weighted by molar-refractivity contribution is 5.81. The smallest absolute Gasteiger partial charge is 0.314 e. The van der Waals surface area contributed by atoms with Crippen molar-refractivity contribution in [3.8, 4) is 0 Å². The third-order valence-corrected chi connectivity index (χ3v) is 2.64. The Morgan fingerprint density at radius 1 is 1.29 bits per heavy atom. The largest absolute Gasteiger partial charge is 0.481 e. The van der Waals surface area contributed by atoms with Crippen LogP contribution < -0.4 is 0 Å². The molecule has 0 aliphatic carbocycles. The molecule has 0 saturated heterocycles. The highest BCUT2D eigenvalue weighted by atomic mass is 19.1. The van der Waals surface area contributed by atoms with Crippen molar-refractivity contribution in [3.63, 3.8) is 0 Å². The van der Waals surface area contributed by atoms with E-state index in [4.69, 9.17) is 10.2 Å². The van der Waals surface area contributed by atoms with E-state index in [0.29, 0.717) is 12.1 Å². The maximum absolute atomic E-state index is 13.5. The van der Waals surface area contributed by atoms with E-state index in [2.05, 4.69) is 0 Å². The van der Waals surface area contributed by atoms with Crippen LogP contribution in [0.1, 0.15) is 18.9 Å². The molecule has 2 N–H and O–H groups in total. The number of rotatable bonds is 4. The third kappa shape index (κ3) is 2.41. The number of carboxylic acids is 1. The molecule has 6 heteroatoms. The van der Waals surface area contributed by atoms with E-state index in [1.54, 1.807) is 0 Å². The fraction of sp³-hybridized carbons (Fsp3) is 0.364. The van der Waals surface area contributed by atoms with Crippen LogP contribution in [0.25, 0.3) is 0 Å². The Hall–Kier alpha value is -1.56. The van der Waals surface area contributed by atoms with E-state index in [0.717, 1.165) is 6.92 Å². The van der Waals surface area contributed by atoms with Crippen molar-refractivity contribution in [2.45, 2.75) is 18.8 Å². The second-order valence-corrected chi connectivity index (χ2v) is 3.86. The van der Waals surface area contributed by atoms with Crippen LogP contribution in [-0.2, 0) is 10.2 Å². The van der Waals surface area contributed by atoms with Crippen molar-refractivity contribution in [1.82, 2.24) is 0 Å². The van der Waals surface area contributed by atoms with Gasteiger partial charge in [0.2, 0.25) is 0 Å². The lowest BCUT2D eigenvalue weighted by atomic mass is 9.79. The van der Waals surface area contributed by atoms with Crippen molar-refractivity contribution >= 4 is 5.97 Å². The first-order valence-electron chi connectivity index (χ1n) is 4.82. The van der Waals surface area contributed by atoms with Gasteiger partial charge >= 0.3 is 5.97 Å². The molecular formula is C11H11F3O3. The summed E-state index contributed by atoms with van der Waals surface area (Å²) in [4.78, 5) is 11.1. The lowest BCUT2D eigenvalue weighted by molar-refractivity contribution is -0.144. The number of carboxylic acid groups (broad SMARTS) is 1. The van der Waals surface area contributed by atoms with E-state index in [9.17, 15) is 18.0 Å². The zero-order chi connectivity index (χ0) is 13.2. The summed E-state index contributed by atoms with van der Waals surface area (Å²) >= 11 is 0. The van der Waals surface area contributed by atoms with Crippen molar-refractivity contribution in [2.75, 3.05) is 6.61 Å². The molecule has 0 saturated carbocycles. The van der Waals surface area contributed by atoms with E-state index in [1.807, 2.05) is 0 Å². The van der Waals surface area contributed by atoms with Gasteiger partial charge < -0.3 is 10.2 Å². The van der Waals surface area contributed by atoms with Crippen molar-refractivity contribution < 1.29 is 28.2 Å². The molecule has 0 aliphatic rings. The first kappa shape index (κ1) is 13.5. The van der Waals surface area contributed by atoms with Crippen LogP contribution in [0, 0.1) is 17.5 Å². The van der Waals surface area contributed by atoms with Crippen molar-refractivity contribution in [3.05, 3.63) is 35.1 Å². The number of aliphatic hydroxyl groups excluding tert-OH is 1. The molecule has 0 aliphatic heterocycles. The molecule has 0 amide bonds. The Bertz CT molecular complexity index is 425. The van der Waals surface area contributed by atoms with Crippen LogP contribution in [0.15, 0.2) is 12.1 Å². The predicted molar refractivity (Wildman–Crippen MR) is 53.0 cm³/mol. The molecule has 94 valence electrons. The molecule has 1 atom stereocenters. The van der Waals surface area contributed by atoms with Gasteiger partial charge in [0.15, 0.2) is 0 Å². The lowest BCUT2D eigenvalue weighted by Gasteiger charge is -2.25. The number of hydrogen-bond donors (Lipinski definition) is 2. The third-order valence-electron chi connectivity index (χ3n) is 2.64. The average Bonchev–Trinajstić information content (AvgIpc) is 2.15. The standard InChI is InChI=1S/C11H11F3O3/c1-11(2-3-15,10(16)17)9-7(13)4-6(12)5-8(9)14/h4-5,15H,2-3H2,1H3,(H,16,17). The van der Waals surface area contributed by atoms with Gasteiger partial charge in [-0.1, -0.05) is 0 Å². The molecule has 0 aromatic heterocycles. The molecular weight excluding hydrogens is 237 g/mol. The number of aliphatic hydroxyl groups is 1.